The predicted octanol–water partition coefficient (Wildman–Crippen LogP) is 5.01. The summed E-state index contributed by atoms with van der Waals surface area (Å²) in [7, 11) is -5.72. The normalized spacial score (nSPS) is 20.5. The van der Waals surface area contributed by atoms with E-state index < -0.39 is 15.6 Å². The van der Waals surface area contributed by atoms with Crippen molar-refractivity contribution < 1.29 is 25.8 Å². The molecule has 4 nitrogen and oxygen atoms in total. The molecule has 1 spiro atoms. The van der Waals surface area contributed by atoms with Crippen LogP contribution in [0.5, 0.6) is 5.75 Å². The maximum absolute atomic E-state index is 12.8. The largest absolute Gasteiger partial charge is 0.534 e. The van der Waals surface area contributed by atoms with Gasteiger partial charge < -0.3 is 4.18 Å². The van der Waals surface area contributed by atoms with Crippen LogP contribution in [0, 0.1) is 0 Å². The molecule has 0 saturated carbocycles. The van der Waals surface area contributed by atoms with E-state index in [0.29, 0.717) is 6.42 Å². The summed E-state index contributed by atoms with van der Waals surface area (Å²) in [5.41, 5.74) is -0.411. The number of benzene rings is 3. The van der Waals surface area contributed by atoms with Gasteiger partial charge in [0.05, 0.1) is 0 Å². The summed E-state index contributed by atoms with van der Waals surface area (Å²) >= 11 is 0. The van der Waals surface area contributed by atoms with Gasteiger partial charge in [0.1, 0.15) is 5.75 Å². The second-order valence-electron chi connectivity index (χ2n) is 8.66. The molecule has 0 aromatic heterocycles. The molecule has 0 radical (unpaired) electrons. The topological polar surface area (TPSA) is 46.6 Å². The van der Waals surface area contributed by atoms with Crippen LogP contribution in [-0.2, 0) is 28.5 Å². The molecule has 1 atom stereocenters. The smallest absolute Gasteiger partial charge is 0.376 e. The van der Waals surface area contributed by atoms with Crippen molar-refractivity contribution in [2.75, 3.05) is 13.1 Å². The maximum Gasteiger partial charge on any atom is 0.534 e. The monoisotopic (exact) mass is 473 g/mol. The van der Waals surface area contributed by atoms with Crippen molar-refractivity contribution in [2.45, 2.75) is 30.3 Å². The van der Waals surface area contributed by atoms with Gasteiger partial charge in [0, 0.05) is 18.5 Å². The number of hydrogen-bond acceptors (Lipinski definition) is 4. The van der Waals surface area contributed by atoms with E-state index in [9.17, 15) is 21.6 Å². The van der Waals surface area contributed by atoms with Crippen molar-refractivity contribution in [3.05, 3.63) is 101 Å². The molecule has 1 aliphatic heterocycles. The summed E-state index contributed by atoms with van der Waals surface area (Å²) in [5, 5.41) is 0. The lowest BCUT2D eigenvalue weighted by Gasteiger charge is -2.38. The third-order valence-corrected chi connectivity index (χ3v) is 7.57. The Kier molecular flexibility index (Phi) is 5.25. The van der Waals surface area contributed by atoms with Gasteiger partial charge in [-0.3, -0.25) is 4.90 Å². The quantitative estimate of drug-likeness (QED) is 0.395. The zero-order chi connectivity index (χ0) is 23.3. The zero-order valence-corrected chi connectivity index (χ0v) is 18.5. The van der Waals surface area contributed by atoms with E-state index >= 15 is 0 Å². The van der Waals surface area contributed by atoms with Gasteiger partial charge >= 0.3 is 15.6 Å². The molecular formula is C25H22F3NO3S. The van der Waals surface area contributed by atoms with Crippen LogP contribution in [0.15, 0.2) is 72.8 Å². The first-order valence-electron chi connectivity index (χ1n) is 10.7. The van der Waals surface area contributed by atoms with Crippen LogP contribution in [0.1, 0.15) is 34.2 Å². The number of hydrogen-bond donors (Lipinski definition) is 0. The Labute approximate surface area is 190 Å². The van der Waals surface area contributed by atoms with Crippen molar-refractivity contribution in [1.29, 1.82) is 0 Å². The highest BCUT2D eigenvalue weighted by molar-refractivity contribution is 7.88. The number of likely N-dealkylation sites (tertiary alicyclic amines) is 1. The Hall–Kier alpha value is -2.84. The van der Waals surface area contributed by atoms with E-state index in [0.717, 1.165) is 42.7 Å². The number of halogens is 3. The standard InChI is InChI=1S/C25H22F3NO3S/c26-25(27,28)33(30,31)32-21-10-11-23-20(15-21)14-19-8-4-5-9-22(19)24(23)12-13-29(17-24)16-18-6-2-1-3-7-18/h1-11,15H,12-14,16-17H2. The van der Waals surface area contributed by atoms with Crippen molar-refractivity contribution in [2.24, 2.45) is 0 Å². The Bertz CT molecular complexity index is 1290. The molecule has 0 bridgehead atoms. The van der Waals surface area contributed by atoms with E-state index in [1.54, 1.807) is 6.07 Å². The second-order valence-corrected chi connectivity index (χ2v) is 10.2. The highest BCUT2D eigenvalue weighted by atomic mass is 32.2. The van der Waals surface area contributed by atoms with Crippen LogP contribution in [0.4, 0.5) is 13.2 Å². The fraction of sp³-hybridized carbons (Fsp3) is 0.280. The SMILES string of the molecule is O=S(=O)(Oc1ccc2c(c1)Cc1ccccc1C21CCN(Cc2ccccc2)C1)C(F)(F)F. The fourth-order valence-electron chi connectivity index (χ4n) is 5.21. The van der Waals surface area contributed by atoms with Crippen molar-refractivity contribution in [1.82, 2.24) is 4.90 Å². The van der Waals surface area contributed by atoms with E-state index in [-0.39, 0.29) is 11.2 Å². The minimum atomic E-state index is -5.72. The molecule has 1 saturated heterocycles. The van der Waals surface area contributed by atoms with Gasteiger partial charge in [-0.2, -0.15) is 21.6 Å². The van der Waals surface area contributed by atoms with Crippen LogP contribution < -0.4 is 4.18 Å². The van der Waals surface area contributed by atoms with Crippen LogP contribution in [0.25, 0.3) is 0 Å². The van der Waals surface area contributed by atoms with Gasteiger partial charge in [0.2, 0.25) is 0 Å². The Morgan fingerprint density at radius 3 is 2.36 bits per heavy atom. The molecule has 2 aliphatic rings. The molecule has 8 heteroatoms. The highest BCUT2D eigenvalue weighted by Crippen LogP contribution is 2.48. The third-order valence-electron chi connectivity index (χ3n) is 6.59. The van der Waals surface area contributed by atoms with Crippen molar-refractivity contribution in [3.8, 4) is 5.75 Å². The number of nitrogens with zero attached hydrogens (tertiary/aromatic N) is 1. The van der Waals surface area contributed by atoms with Gasteiger partial charge in [-0.05, 0) is 59.3 Å². The average molecular weight is 474 g/mol. The number of fused-ring (bicyclic) bond motifs is 4. The van der Waals surface area contributed by atoms with Crippen molar-refractivity contribution >= 4 is 10.1 Å². The Morgan fingerprint density at radius 1 is 0.909 bits per heavy atom. The third kappa shape index (κ3) is 3.91. The molecule has 3 aromatic rings. The maximum atomic E-state index is 12.8. The van der Waals surface area contributed by atoms with Gasteiger partial charge in [0.15, 0.2) is 0 Å². The van der Waals surface area contributed by atoms with Gasteiger partial charge in [-0.25, -0.2) is 0 Å². The molecule has 3 aromatic carbocycles. The lowest BCUT2D eigenvalue weighted by molar-refractivity contribution is -0.0500. The lowest BCUT2D eigenvalue weighted by atomic mass is 9.66. The van der Waals surface area contributed by atoms with Crippen LogP contribution in [0.2, 0.25) is 0 Å². The van der Waals surface area contributed by atoms with E-state index in [2.05, 4.69) is 27.3 Å². The van der Waals surface area contributed by atoms with E-state index in [4.69, 9.17) is 0 Å². The first-order valence-corrected chi connectivity index (χ1v) is 12.1. The molecule has 0 amide bonds. The van der Waals surface area contributed by atoms with Crippen LogP contribution in [0.3, 0.4) is 0 Å². The van der Waals surface area contributed by atoms with E-state index in [1.807, 2.05) is 36.4 Å². The predicted molar refractivity (Wildman–Crippen MR) is 118 cm³/mol. The number of rotatable bonds is 4. The van der Waals surface area contributed by atoms with Gasteiger partial charge in [-0.15, -0.1) is 0 Å². The van der Waals surface area contributed by atoms with Gasteiger partial charge in [-0.1, -0.05) is 60.7 Å². The van der Waals surface area contributed by atoms with Crippen molar-refractivity contribution in [3.63, 3.8) is 0 Å². The summed E-state index contributed by atoms with van der Waals surface area (Å²) in [5.74, 6) is -0.320. The first kappa shape index (κ1) is 22.0. The molecule has 33 heavy (non-hydrogen) atoms. The van der Waals surface area contributed by atoms with Gasteiger partial charge in [0.25, 0.3) is 0 Å². The Morgan fingerprint density at radius 2 is 1.61 bits per heavy atom. The molecule has 1 heterocycles. The highest BCUT2D eigenvalue weighted by Gasteiger charge is 2.49. The van der Waals surface area contributed by atoms with Crippen LogP contribution in [-0.4, -0.2) is 31.9 Å². The molecule has 172 valence electrons. The first-order chi connectivity index (χ1) is 15.7. The number of alkyl halides is 3. The molecule has 1 fully saturated rings. The molecule has 0 N–H and O–H groups in total. The average Bonchev–Trinajstić information content (AvgIpc) is 3.17. The molecule has 5 rings (SSSR count). The summed E-state index contributed by atoms with van der Waals surface area (Å²) in [4.78, 5) is 2.39. The summed E-state index contributed by atoms with van der Waals surface area (Å²) < 4.78 is 65.8. The minimum absolute atomic E-state index is 0.305. The van der Waals surface area contributed by atoms with E-state index in [1.165, 1.54) is 23.3 Å². The molecule has 1 aliphatic carbocycles. The summed E-state index contributed by atoms with van der Waals surface area (Å²) in [6.07, 6.45) is 1.38. The fourth-order valence-corrected chi connectivity index (χ4v) is 5.66. The summed E-state index contributed by atoms with van der Waals surface area (Å²) in [6.45, 7) is 2.46. The molecular weight excluding hydrogens is 451 g/mol. The minimum Gasteiger partial charge on any atom is -0.376 e. The lowest BCUT2D eigenvalue weighted by Crippen LogP contribution is -2.36. The molecule has 1 unspecified atom stereocenters. The second kappa shape index (κ2) is 7.88. The zero-order valence-electron chi connectivity index (χ0n) is 17.7. The summed E-state index contributed by atoms with van der Waals surface area (Å²) in [6, 6.07) is 22.8. The van der Waals surface area contributed by atoms with Crippen LogP contribution >= 0.6 is 0 Å². The Balaban J connectivity index is 1.51.